The summed E-state index contributed by atoms with van der Waals surface area (Å²) in [6.07, 6.45) is -2.28. The van der Waals surface area contributed by atoms with Crippen LogP contribution in [0.5, 0.6) is 0 Å². The zero-order valence-corrected chi connectivity index (χ0v) is 7.98. The van der Waals surface area contributed by atoms with Crippen LogP contribution >= 0.6 is 22.6 Å². The first-order valence-corrected chi connectivity index (χ1v) is 4.16. The molecule has 4 heteroatoms. The summed E-state index contributed by atoms with van der Waals surface area (Å²) in [5.74, 6) is -1.45. The second-order valence-electron chi connectivity index (χ2n) is 2.08. The van der Waals surface area contributed by atoms with Gasteiger partial charge in [-0.05, 0) is 34.7 Å². The summed E-state index contributed by atoms with van der Waals surface area (Å²) < 4.78 is 36.8. The van der Waals surface area contributed by atoms with Crippen molar-refractivity contribution in [2.45, 2.75) is 0 Å². The summed E-state index contributed by atoms with van der Waals surface area (Å²) in [7, 11) is 0. The topological polar surface area (TPSA) is 0 Å². The van der Waals surface area contributed by atoms with Crippen molar-refractivity contribution in [2.75, 3.05) is 0 Å². The van der Waals surface area contributed by atoms with E-state index in [1.54, 1.807) is 12.1 Å². The molecule has 0 saturated carbocycles. The third-order valence-corrected chi connectivity index (χ3v) is 1.98. The van der Waals surface area contributed by atoms with Gasteiger partial charge in [0.2, 0.25) is 0 Å². The van der Waals surface area contributed by atoms with E-state index in [1.807, 2.05) is 22.6 Å². The minimum atomic E-state index is -2.28. The largest absolute Gasteiger partial charge is 0.306 e. The molecule has 0 aliphatic rings. The van der Waals surface area contributed by atoms with Crippen molar-refractivity contribution < 1.29 is 13.2 Å². The summed E-state index contributed by atoms with van der Waals surface area (Å²) in [6, 6.07) is 5.77. The van der Waals surface area contributed by atoms with E-state index in [0.717, 1.165) is 3.57 Å². The maximum atomic E-state index is 12.5. The molecule has 0 bridgehead atoms. The number of hydrogen-bond acceptors (Lipinski definition) is 0. The Hall–Kier alpha value is -0.520. The van der Waals surface area contributed by atoms with Gasteiger partial charge in [-0.2, -0.15) is 8.78 Å². The molecule has 0 unspecified atom stereocenters. The fourth-order valence-electron chi connectivity index (χ4n) is 0.705. The normalized spacial score (nSPS) is 9.67. The molecule has 0 saturated heterocycles. The third kappa shape index (κ3) is 2.23. The molecule has 0 N–H and O–H groups in total. The average Bonchev–Trinajstić information content (AvgIpc) is 2.04. The van der Waals surface area contributed by atoms with Crippen LogP contribution in [0.3, 0.4) is 0 Å². The van der Waals surface area contributed by atoms with E-state index in [9.17, 15) is 13.2 Å². The predicted molar refractivity (Wildman–Crippen MR) is 49.4 cm³/mol. The number of rotatable bonds is 1. The summed E-state index contributed by atoms with van der Waals surface area (Å²) in [5, 5.41) is 0. The van der Waals surface area contributed by atoms with Gasteiger partial charge in [-0.25, -0.2) is 4.39 Å². The van der Waals surface area contributed by atoms with Crippen LogP contribution in [0.15, 0.2) is 30.3 Å². The Balaban J connectivity index is 3.06. The SMILES string of the molecule is FC(F)=C(F)c1ccc(I)cc1. The standard InChI is InChI=1S/C8H4F3I/c9-7(8(10)11)5-1-3-6(12)4-2-5/h1-4H. The fourth-order valence-corrected chi connectivity index (χ4v) is 1.06. The van der Waals surface area contributed by atoms with Crippen LogP contribution in [0.25, 0.3) is 5.83 Å². The third-order valence-electron chi connectivity index (χ3n) is 1.26. The van der Waals surface area contributed by atoms with E-state index in [1.165, 1.54) is 12.1 Å². The van der Waals surface area contributed by atoms with E-state index in [2.05, 4.69) is 0 Å². The van der Waals surface area contributed by atoms with Gasteiger partial charge in [0.25, 0.3) is 0 Å². The van der Waals surface area contributed by atoms with E-state index in [-0.39, 0.29) is 5.56 Å². The van der Waals surface area contributed by atoms with Crippen molar-refractivity contribution in [3.8, 4) is 0 Å². The van der Waals surface area contributed by atoms with Gasteiger partial charge in [0.15, 0.2) is 5.83 Å². The molecule has 0 radical (unpaired) electrons. The van der Waals surface area contributed by atoms with Crippen LogP contribution in [0.1, 0.15) is 5.56 Å². The molecule has 0 atom stereocenters. The van der Waals surface area contributed by atoms with E-state index >= 15 is 0 Å². The molecular formula is C8H4F3I. The van der Waals surface area contributed by atoms with Crippen molar-refractivity contribution >= 4 is 28.4 Å². The molecule has 12 heavy (non-hydrogen) atoms. The second-order valence-corrected chi connectivity index (χ2v) is 3.33. The Morgan fingerprint density at radius 1 is 1.00 bits per heavy atom. The summed E-state index contributed by atoms with van der Waals surface area (Å²) in [5.41, 5.74) is -0.0876. The number of hydrogen-bond donors (Lipinski definition) is 0. The average molecular weight is 284 g/mol. The number of halogens is 4. The molecule has 1 aromatic rings. The Kier molecular flexibility index (Phi) is 3.13. The van der Waals surface area contributed by atoms with Gasteiger partial charge in [-0.3, -0.25) is 0 Å². The first-order chi connectivity index (χ1) is 5.61. The lowest BCUT2D eigenvalue weighted by molar-refractivity contribution is 0.410. The molecule has 0 heterocycles. The lowest BCUT2D eigenvalue weighted by Crippen LogP contribution is -1.79. The maximum Gasteiger partial charge on any atom is 0.306 e. The lowest BCUT2D eigenvalue weighted by atomic mass is 10.2. The zero-order chi connectivity index (χ0) is 9.14. The van der Waals surface area contributed by atoms with Gasteiger partial charge in [-0.1, -0.05) is 12.1 Å². The Morgan fingerprint density at radius 2 is 1.50 bits per heavy atom. The van der Waals surface area contributed by atoms with Crippen molar-refractivity contribution in [2.24, 2.45) is 0 Å². The molecule has 0 nitrogen and oxygen atoms in total. The molecular weight excluding hydrogens is 280 g/mol. The van der Waals surface area contributed by atoms with E-state index in [4.69, 9.17) is 0 Å². The Labute approximate surface area is 81.2 Å². The second kappa shape index (κ2) is 3.93. The Bertz CT molecular complexity index is 299. The fraction of sp³-hybridized carbons (Fsp3) is 0. The highest BCUT2D eigenvalue weighted by molar-refractivity contribution is 14.1. The molecule has 0 fully saturated rings. The smallest absolute Gasteiger partial charge is 0.200 e. The molecule has 0 aromatic heterocycles. The highest BCUT2D eigenvalue weighted by Crippen LogP contribution is 2.22. The molecule has 0 amide bonds. The van der Waals surface area contributed by atoms with Gasteiger partial charge in [0, 0.05) is 9.13 Å². The monoisotopic (exact) mass is 284 g/mol. The lowest BCUT2D eigenvalue weighted by Gasteiger charge is -1.95. The van der Waals surface area contributed by atoms with Gasteiger partial charge in [-0.15, -0.1) is 0 Å². The van der Waals surface area contributed by atoms with E-state index < -0.39 is 11.9 Å². The highest BCUT2D eigenvalue weighted by Gasteiger charge is 2.06. The first kappa shape index (κ1) is 9.57. The molecule has 0 aliphatic heterocycles. The van der Waals surface area contributed by atoms with Crippen molar-refractivity contribution in [3.63, 3.8) is 0 Å². The van der Waals surface area contributed by atoms with E-state index in [0.29, 0.717) is 0 Å². The molecule has 64 valence electrons. The van der Waals surface area contributed by atoms with Crippen LogP contribution in [0.2, 0.25) is 0 Å². The maximum absolute atomic E-state index is 12.5. The van der Waals surface area contributed by atoms with Gasteiger partial charge >= 0.3 is 6.08 Å². The molecule has 1 aromatic carbocycles. The van der Waals surface area contributed by atoms with Crippen molar-refractivity contribution in [1.29, 1.82) is 0 Å². The van der Waals surface area contributed by atoms with Crippen LogP contribution in [-0.4, -0.2) is 0 Å². The summed E-state index contributed by atoms with van der Waals surface area (Å²) in [4.78, 5) is 0. The summed E-state index contributed by atoms with van der Waals surface area (Å²) >= 11 is 2.01. The van der Waals surface area contributed by atoms with Crippen LogP contribution < -0.4 is 0 Å². The van der Waals surface area contributed by atoms with Crippen LogP contribution in [-0.2, 0) is 0 Å². The molecule has 0 aliphatic carbocycles. The Morgan fingerprint density at radius 3 is 1.92 bits per heavy atom. The zero-order valence-electron chi connectivity index (χ0n) is 5.82. The van der Waals surface area contributed by atoms with Crippen LogP contribution in [0, 0.1) is 3.57 Å². The minimum Gasteiger partial charge on any atom is -0.200 e. The highest BCUT2D eigenvalue weighted by atomic mass is 127. The number of benzene rings is 1. The predicted octanol–water partition coefficient (Wildman–Crippen LogP) is 3.83. The van der Waals surface area contributed by atoms with Crippen LogP contribution in [0.4, 0.5) is 13.2 Å². The van der Waals surface area contributed by atoms with Gasteiger partial charge < -0.3 is 0 Å². The van der Waals surface area contributed by atoms with Crippen molar-refractivity contribution in [3.05, 3.63) is 39.5 Å². The first-order valence-electron chi connectivity index (χ1n) is 3.08. The van der Waals surface area contributed by atoms with Gasteiger partial charge in [0.05, 0.1) is 0 Å². The van der Waals surface area contributed by atoms with Crippen molar-refractivity contribution in [1.82, 2.24) is 0 Å². The molecule has 0 spiro atoms. The quantitative estimate of drug-likeness (QED) is 0.688. The minimum absolute atomic E-state index is 0.0876. The molecule has 1 rings (SSSR count). The summed E-state index contributed by atoms with van der Waals surface area (Å²) in [6.45, 7) is 0. The van der Waals surface area contributed by atoms with Gasteiger partial charge in [0.1, 0.15) is 0 Å².